The van der Waals surface area contributed by atoms with Crippen LogP contribution in [0.1, 0.15) is 37.3 Å². The van der Waals surface area contributed by atoms with Crippen molar-refractivity contribution < 1.29 is 0 Å². The van der Waals surface area contributed by atoms with Gasteiger partial charge < -0.3 is 9.88 Å². The van der Waals surface area contributed by atoms with E-state index in [4.69, 9.17) is 0 Å². The first kappa shape index (κ1) is 13.7. The van der Waals surface area contributed by atoms with Gasteiger partial charge in [0.25, 0.3) is 0 Å². The van der Waals surface area contributed by atoms with E-state index in [1.807, 2.05) is 37.8 Å². The molecule has 0 aliphatic rings. The summed E-state index contributed by atoms with van der Waals surface area (Å²) < 4.78 is 2.08. The van der Waals surface area contributed by atoms with Crippen LogP contribution in [-0.4, -0.2) is 21.1 Å². The van der Waals surface area contributed by atoms with E-state index in [1.165, 1.54) is 0 Å². The highest BCUT2D eigenvalue weighted by molar-refractivity contribution is 5.09. The van der Waals surface area contributed by atoms with Crippen LogP contribution >= 0.6 is 0 Å². The maximum atomic E-state index is 4.46. The zero-order valence-electron chi connectivity index (χ0n) is 11.7. The minimum atomic E-state index is 0.304. The highest BCUT2D eigenvalue weighted by atomic mass is 15.0. The summed E-state index contributed by atoms with van der Waals surface area (Å²) >= 11 is 0. The molecule has 2 heterocycles. The first-order valence-electron chi connectivity index (χ1n) is 6.91. The van der Waals surface area contributed by atoms with E-state index >= 15 is 0 Å². The largest absolute Gasteiger partial charge is 0.338 e. The van der Waals surface area contributed by atoms with Crippen molar-refractivity contribution in [1.29, 1.82) is 0 Å². The Kier molecular flexibility index (Phi) is 5.10. The molecule has 4 nitrogen and oxygen atoms in total. The Morgan fingerprint density at radius 1 is 1.26 bits per heavy atom. The van der Waals surface area contributed by atoms with E-state index in [0.29, 0.717) is 6.04 Å². The van der Waals surface area contributed by atoms with Gasteiger partial charge in [-0.2, -0.15) is 0 Å². The Morgan fingerprint density at radius 2 is 2.16 bits per heavy atom. The number of imidazole rings is 1. The number of aromatic nitrogens is 3. The molecule has 0 saturated carbocycles. The average Bonchev–Trinajstić information content (AvgIpc) is 2.85. The minimum Gasteiger partial charge on any atom is -0.338 e. The summed E-state index contributed by atoms with van der Waals surface area (Å²) in [6, 6.07) is 6.40. The first-order valence-corrected chi connectivity index (χ1v) is 6.91. The van der Waals surface area contributed by atoms with Gasteiger partial charge in [-0.05, 0) is 31.5 Å². The van der Waals surface area contributed by atoms with E-state index < -0.39 is 0 Å². The average molecular weight is 258 g/mol. The molecule has 0 fully saturated rings. The van der Waals surface area contributed by atoms with Crippen LogP contribution < -0.4 is 5.32 Å². The second kappa shape index (κ2) is 7.04. The van der Waals surface area contributed by atoms with Gasteiger partial charge in [-0.15, -0.1) is 0 Å². The molecule has 0 bridgehead atoms. The number of hydrogen-bond acceptors (Lipinski definition) is 3. The predicted octanol–water partition coefficient (Wildman–Crippen LogP) is 2.49. The van der Waals surface area contributed by atoms with E-state index in [9.17, 15) is 0 Å². The molecular formula is C15H22N4. The predicted molar refractivity (Wildman–Crippen MR) is 76.8 cm³/mol. The van der Waals surface area contributed by atoms with Crippen LogP contribution in [0.5, 0.6) is 0 Å². The maximum Gasteiger partial charge on any atom is 0.108 e. The molecule has 1 N–H and O–H groups in total. The normalized spacial score (nSPS) is 12.5. The number of hydrogen-bond donors (Lipinski definition) is 1. The third-order valence-electron chi connectivity index (χ3n) is 3.26. The maximum absolute atomic E-state index is 4.46. The van der Waals surface area contributed by atoms with Gasteiger partial charge in [-0.25, -0.2) is 4.98 Å². The van der Waals surface area contributed by atoms with Crippen LogP contribution in [0, 0.1) is 0 Å². The zero-order chi connectivity index (χ0) is 13.5. The van der Waals surface area contributed by atoms with Crippen molar-refractivity contribution in [3.05, 3.63) is 48.3 Å². The summed E-state index contributed by atoms with van der Waals surface area (Å²) in [5, 5.41) is 3.57. The lowest BCUT2D eigenvalue weighted by Crippen LogP contribution is -2.23. The zero-order valence-corrected chi connectivity index (χ0v) is 11.7. The second-order valence-electron chi connectivity index (χ2n) is 4.75. The molecule has 1 atom stereocenters. The standard InChI is InChI=1S/C15H22N4/c1-3-9-16-14(13-6-4-5-10-17-13)7-8-15-18-11-12-19(15)2/h4-6,10-12,14,16H,3,7-9H2,1-2H3. The Balaban J connectivity index is 2.00. The van der Waals surface area contributed by atoms with Gasteiger partial charge in [0, 0.05) is 38.1 Å². The molecule has 0 saturated heterocycles. The van der Waals surface area contributed by atoms with E-state index in [2.05, 4.69) is 32.8 Å². The molecular weight excluding hydrogens is 236 g/mol. The Hall–Kier alpha value is -1.68. The van der Waals surface area contributed by atoms with Crippen LogP contribution in [0.15, 0.2) is 36.8 Å². The van der Waals surface area contributed by atoms with Gasteiger partial charge in [0.1, 0.15) is 5.82 Å². The molecule has 0 radical (unpaired) electrons. The molecule has 2 aromatic rings. The summed E-state index contributed by atoms with van der Waals surface area (Å²) in [7, 11) is 2.04. The van der Waals surface area contributed by atoms with E-state index in [-0.39, 0.29) is 0 Å². The van der Waals surface area contributed by atoms with Crippen molar-refractivity contribution in [3.8, 4) is 0 Å². The quantitative estimate of drug-likeness (QED) is 0.829. The van der Waals surface area contributed by atoms with E-state index in [0.717, 1.165) is 37.3 Å². The van der Waals surface area contributed by atoms with Crippen molar-refractivity contribution >= 4 is 0 Å². The lowest BCUT2D eigenvalue weighted by atomic mass is 10.1. The molecule has 0 aliphatic carbocycles. The Labute approximate surface area is 114 Å². The number of aryl methyl sites for hydroxylation is 2. The fourth-order valence-corrected chi connectivity index (χ4v) is 2.17. The monoisotopic (exact) mass is 258 g/mol. The lowest BCUT2D eigenvalue weighted by molar-refractivity contribution is 0.481. The molecule has 4 heteroatoms. The van der Waals surface area contributed by atoms with Crippen molar-refractivity contribution in [2.24, 2.45) is 7.05 Å². The SMILES string of the molecule is CCCNC(CCc1nccn1C)c1ccccn1. The second-order valence-corrected chi connectivity index (χ2v) is 4.75. The van der Waals surface area contributed by atoms with Gasteiger partial charge in [0.2, 0.25) is 0 Å². The van der Waals surface area contributed by atoms with Gasteiger partial charge in [-0.3, -0.25) is 4.98 Å². The van der Waals surface area contributed by atoms with Crippen molar-refractivity contribution in [3.63, 3.8) is 0 Å². The highest BCUT2D eigenvalue weighted by Gasteiger charge is 2.12. The topological polar surface area (TPSA) is 42.7 Å². The summed E-state index contributed by atoms with van der Waals surface area (Å²) in [5.41, 5.74) is 1.12. The van der Waals surface area contributed by atoms with Crippen molar-refractivity contribution in [1.82, 2.24) is 19.9 Å². The number of rotatable bonds is 7. The smallest absolute Gasteiger partial charge is 0.108 e. The van der Waals surface area contributed by atoms with Crippen LogP contribution in [0.2, 0.25) is 0 Å². The third kappa shape index (κ3) is 3.89. The van der Waals surface area contributed by atoms with Gasteiger partial charge >= 0.3 is 0 Å². The molecule has 0 aromatic carbocycles. The van der Waals surface area contributed by atoms with E-state index in [1.54, 1.807) is 0 Å². The summed E-state index contributed by atoms with van der Waals surface area (Å²) in [6.45, 7) is 3.20. The van der Waals surface area contributed by atoms with Crippen LogP contribution in [0.3, 0.4) is 0 Å². The molecule has 0 aliphatic heterocycles. The highest BCUT2D eigenvalue weighted by Crippen LogP contribution is 2.16. The summed E-state index contributed by atoms with van der Waals surface area (Å²) in [5.74, 6) is 1.12. The summed E-state index contributed by atoms with van der Waals surface area (Å²) in [6.07, 6.45) is 8.81. The number of nitrogens with one attached hydrogen (secondary N) is 1. The molecule has 2 rings (SSSR count). The molecule has 102 valence electrons. The van der Waals surface area contributed by atoms with Crippen LogP contribution in [0.25, 0.3) is 0 Å². The van der Waals surface area contributed by atoms with Crippen molar-refractivity contribution in [2.75, 3.05) is 6.54 Å². The first-order chi connectivity index (χ1) is 9.31. The van der Waals surface area contributed by atoms with Gasteiger partial charge in [0.15, 0.2) is 0 Å². The molecule has 0 spiro atoms. The Bertz CT molecular complexity index is 478. The molecule has 0 amide bonds. The van der Waals surface area contributed by atoms with Gasteiger partial charge in [-0.1, -0.05) is 13.0 Å². The van der Waals surface area contributed by atoms with Crippen molar-refractivity contribution in [2.45, 2.75) is 32.2 Å². The lowest BCUT2D eigenvalue weighted by Gasteiger charge is -2.17. The number of pyridine rings is 1. The molecule has 2 aromatic heterocycles. The fourth-order valence-electron chi connectivity index (χ4n) is 2.17. The molecule has 19 heavy (non-hydrogen) atoms. The minimum absolute atomic E-state index is 0.304. The third-order valence-corrected chi connectivity index (χ3v) is 3.26. The number of nitrogens with zero attached hydrogens (tertiary/aromatic N) is 3. The Morgan fingerprint density at radius 3 is 2.79 bits per heavy atom. The summed E-state index contributed by atoms with van der Waals surface area (Å²) in [4.78, 5) is 8.84. The fraction of sp³-hybridized carbons (Fsp3) is 0.467. The van der Waals surface area contributed by atoms with Gasteiger partial charge in [0.05, 0.1) is 5.69 Å². The molecule has 1 unspecified atom stereocenters. The van der Waals surface area contributed by atoms with Crippen LogP contribution in [0.4, 0.5) is 0 Å². The van der Waals surface area contributed by atoms with Crippen LogP contribution in [-0.2, 0) is 13.5 Å².